The van der Waals surface area contributed by atoms with Crippen LogP contribution in [0.25, 0.3) is 38.6 Å². The molecule has 1 unspecified atom stereocenters. The highest BCUT2D eigenvalue weighted by molar-refractivity contribution is 5.95. The largest absolute Gasteiger partial charge is 0.473 e. The SMILES string of the molecule is C#Cc1ccc(-c2ccc3c(c2)C(C)=CC2(O3)c3ccccc3-c3cc4ccccc4cc32)cc1. The highest BCUT2D eigenvalue weighted by atomic mass is 16.5. The van der Waals surface area contributed by atoms with Crippen LogP contribution in [-0.2, 0) is 5.60 Å². The van der Waals surface area contributed by atoms with E-state index in [2.05, 4.69) is 110 Å². The van der Waals surface area contributed by atoms with Crippen molar-refractivity contribution >= 4 is 16.3 Å². The average molecular weight is 447 g/mol. The zero-order chi connectivity index (χ0) is 23.6. The quantitative estimate of drug-likeness (QED) is 0.236. The molecule has 1 aliphatic carbocycles. The van der Waals surface area contributed by atoms with Crippen molar-refractivity contribution in [1.82, 2.24) is 0 Å². The van der Waals surface area contributed by atoms with E-state index in [-0.39, 0.29) is 0 Å². The van der Waals surface area contributed by atoms with Gasteiger partial charge in [0.05, 0.1) is 0 Å². The van der Waals surface area contributed by atoms with Gasteiger partial charge in [-0.25, -0.2) is 0 Å². The minimum Gasteiger partial charge on any atom is -0.473 e. The molecule has 1 heteroatoms. The van der Waals surface area contributed by atoms with E-state index in [0.29, 0.717) is 0 Å². The first-order valence-electron chi connectivity index (χ1n) is 11.9. The predicted octanol–water partition coefficient (Wildman–Crippen LogP) is 8.21. The van der Waals surface area contributed by atoms with Crippen LogP contribution in [0.5, 0.6) is 5.75 Å². The fourth-order valence-corrected chi connectivity index (χ4v) is 5.67. The molecular formula is C34H22O. The molecule has 7 rings (SSSR count). The third kappa shape index (κ3) is 2.84. The Bertz CT molecular complexity index is 1730. The molecular weight excluding hydrogens is 424 g/mol. The van der Waals surface area contributed by atoms with Gasteiger partial charge in [-0.3, -0.25) is 0 Å². The first-order chi connectivity index (χ1) is 17.2. The van der Waals surface area contributed by atoms with Gasteiger partial charge in [-0.15, -0.1) is 6.42 Å². The van der Waals surface area contributed by atoms with Gasteiger partial charge < -0.3 is 4.74 Å². The van der Waals surface area contributed by atoms with Crippen molar-refractivity contribution in [1.29, 1.82) is 0 Å². The van der Waals surface area contributed by atoms with E-state index < -0.39 is 5.60 Å². The number of benzene rings is 5. The van der Waals surface area contributed by atoms with Gasteiger partial charge in [-0.1, -0.05) is 72.7 Å². The Morgan fingerprint density at radius 3 is 2.17 bits per heavy atom. The van der Waals surface area contributed by atoms with Crippen molar-refractivity contribution in [3.8, 4) is 40.3 Å². The van der Waals surface area contributed by atoms with Crippen molar-refractivity contribution < 1.29 is 4.74 Å². The molecule has 0 saturated carbocycles. The minimum absolute atomic E-state index is 0.636. The van der Waals surface area contributed by atoms with Crippen LogP contribution in [-0.4, -0.2) is 0 Å². The molecule has 5 aromatic carbocycles. The fraction of sp³-hybridized carbons (Fsp3) is 0.0588. The van der Waals surface area contributed by atoms with Gasteiger partial charge in [0.1, 0.15) is 5.75 Å². The molecule has 164 valence electrons. The number of fused-ring (bicyclic) bond motifs is 7. The van der Waals surface area contributed by atoms with Crippen LogP contribution >= 0.6 is 0 Å². The van der Waals surface area contributed by atoms with E-state index in [1.54, 1.807) is 0 Å². The smallest absolute Gasteiger partial charge is 0.179 e. The standard InChI is InChI=1S/C34H22O/c1-3-23-12-14-24(15-13-23)27-16-17-33-29(18-27)22(2)21-34(35-33)31-11-7-6-10-28(31)30-19-25-8-4-5-9-26(25)20-32(30)34/h1,4-21H,2H3. The third-order valence-electron chi connectivity index (χ3n) is 7.38. The summed E-state index contributed by atoms with van der Waals surface area (Å²) in [6.07, 6.45) is 7.83. The molecule has 0 aromatic heterocycles. The maximum atomic E-state index is 6.98. The predicted molar refractivity (Wildman–Crippen MR) is 144 cm³/mol. The fourth-order valence-electron chi connectivity index (χ4n) is 5.67. The zero-order valence-electron chi connectivity index (χ0n) is 19.4. The zero-order valence-corrected chi connectivity index (χ0v) is 19.4. The van der Waals surface area contributed by atoms with Crippen molar-refractivity contribution in [2.75, 3.05) is 0 Å². The summed E-state index contributed by atoms with van der Waals surface area (Å²) in [4.78, 5) is 0. The first-order valence-corrected chi connectivity index (χ1v) is 11.9. The Morgan fingerprint density at radius 1 is 0.657 bits per heavy atom. The first kappa shape index (κ1) is 19.9. The van der Waals surface area contributed by atoms with E-state index in [1.165, 1.54) is 38.6 Å². The summed E-state index contributed by atoms with van der Waals surface area (Å²) in [5.41, 5.74) is 9.77. The highest BCUT2D eigenvalue weighted by Crippen LogP contribution is 2.55. The minimum atomic E-state index is -0.636. The van der Waals surface area contributed by atoms with Crippen LogP contribution in [0.1, 0.15) is 29.2 Å². The summed E-state index contributed by atoms with van der Waals surface area (Å²) in [6.45, 7) is 2.19. The van der Waals surface area contributed by atoms with Crippen LogP contribution in [0, 0.1) is 12.3 Å². The van der Waals surface area contributed by atoms with E-state index >= 15 is 0 Å². The van der Waals surface area contributed by atoms with E-state index in [0.717, 1.165) is 28.0 Å². The molecule has 0 amide bonds. The monoisotopic (exact) mass is 446 g/mol. The van der Waals surface area contributed by atoms with Gasteiger partial charge in [0.15, 0.2) is 5.60 Å². The molecule has 2 aliphatic rings. The Hall–Kier alpha value is -4.54. The highest BCUT2D eigenvalue weighted by Gasteiger charge is 2.46. The van der Waals surface area contributed by atoms with Gasteiger partial charge in [0.2, 0.25) is 0 Å². The summed E-state index contributed by atoms with van der Waals surface area (Å²) in [5, 5.41) is 2.47. The third-order valence-corrected chi connectivity index (χ3v) is 7.38. The number of rotatable bonds is 1. The molecule has 0 radical (unpaired) electrons. The molecule has 0 fully saturated rings. The summed E-state index contributed by atoms with van der Waals surface area (Å²) in [5.74, 6) is 3.60. The molecule has 1 atom stereocenters. The van der Waals surface area contributed by atoms with Crippen molar-refractivity contribution in [2.45, 2.75) is 12.5 Å². The van der Waals surface area contributed by atoms with Crippen LogP contribution < -0.4 is 4.74 Å². The Morgan fingerprint density at radius 2 is 1.37 bits per heavy atom. The Labute approximate surface area is 205 Å². The Kier molecular flexibility index (Phi) is 4.11. The second kappa shape index (κ2) is 7.23. The van der Waals surface area contributed by atoms with Crippen molar-refractivity contribution in [3.63, 3.8) is 0 Å². The molecule has 0 bridgehead atoms. The van der Waals surface area contributed by atoms with Gasteiger partial charge in [0.25, 0.3) is 0 Å². The lowest BCUT2D eigenvalue weighted by Crippen LogP contribution is -2.33. The lowest BCUT2D eigenvalue weighted by atomic mass is 9.84. The number of hydrogen-bond acceptors (Lipinski definition) is 1. The van der Waals surface area contributed by atoms with Crippen LogP contribution in [0.2, 0.25) is 0 Å². The Balaban J connectivity index is 1.41. The molecule has 1 aliphatic heterocycles. The second-order valence-electron chi connectivity index (χ2n) is 9.39. The van der Waals surface area contributed by atoms with Crippen molar-refractivity contribution in [3.05, 3.63) is 131 Å². The van der Waals surface area contributed by atoms with Gasteiger partial charge in [0, 0.05) is 22.3 Å². The lowest BCUT2D eigenvalue weighted by molar-refractivity contribution is 0.165. The topological polar surface area (TPSA) is 9.23 Å². The number of ether oxygens (including phenoxy) is 1. The average Bonchev–Trinajstić information content (AvgIpc) is 3.15. The molecule has 5 aromatic rings. The van der Waals surface area contributed by atoms with Gasteiger partial charge in [-0.2, -0.15) is 0 Å². The molecule has 1 heterocycles. The summed E-state index contributed by atoms with van der Waals surface area (Å²) in [6, 6.07) is 36.4. The van der Waals surface area contributed by atoms with Crippen LogP contribution in [0.3, 0.4) is 0 Å². The normalized spacial score (nSPS) is 17.2. The van der Waals surface area contributed by atoms with Gasteiger partial charge in [-0.05, 0) is 88.0 Å². The number of terminal acetylenes is 1. The molecule has 1 nitrogen and oxygen atoms in total. The number of hydrogen-bond donors (Lipinski definition) is 0. The molecule has 0 saturated heterocycles. The summed E-state index contributed by atoms with van der Waals surface area (Å²) < 4.78 is 6.98. The van der Waals surface area contributed by atoms with E-state index in [1.807, 2.05) is 12.1 Å². The molecule has 35 heavy (non-hydrogen) atoms. The van der Waals surface area contributed by atoms with Crippen LogP contribution in [0.15, 0.2) is 109 Å². The summed E-state index contributed by atoms with van der Waals surface area (Å²) >= 11 is 0. The summed E-state index contributed by atoms with van der Waals surface area (Å²) in [7, 11) is 0. The molecule has 0 N–H and O–H groups in total. The lowest BCUT2D eigenvalue weighted by Gasteiger charge is -2.35. The molecule has 1 spiro atoms. The van der Waals surface area contributed by atoms with E-state index in [9.17, 15) is 0 Å². The van der Waals surface area contributed by atoms with Crippen LogP contribution in [0.4, 0.5) is 0 Å². The maximum absolute atomic E-state index is 6.98. The number of allylic oxidation sites excluding steroid dienone is 1. The maximum Gasteiger partial charge on any atom is 0.179 e. The second-order valence-corrected chi connectivity index (χ2v) is 9.39. The van der Waals surface area contributed by atoms with E-state index in [4.69, 9.17) is 11.2 Å². The van der Waals surface area contributed by atoms with Crippen molar-refractivity contribution in [2.24, 2.45) is 0 Å². The van der Waals surface area contributed by atoms with Gasteiger partial charge >= 0.3 is 0 Å².